The Hall–Kier alpha value is -0.830. The summed E-state index contributed by atoms with van der Waals surface area (Å²) >= 11 is 0. The predicted molar refractivity (Wildman–Crippen MR) is 121 cm³/mol. The van der Waals surface area contributed by atoms with Crippen molar-refractivity contribution in [3.8, 4) is 0 Å². The molecule has 0 aliphatic heterocycles. The molecular formula is C25H48O3. The van der Waals surface area contributed by atoms with E-state index >= 15 is 0 Å². The number of hydrogen-bond donors (Lipinski definition) is 0. The topological polar surface area (TPSA) is 35.5 Å². The number of esters is 1. The van der Waals surface area contributed by atoms with E-state index in [9.17, 15) is 4.79 Å². The largest absolute Gasteiger partial charge is 0.460 e. The number of ether oxygens (including phenoxy) is 2. The Morgan fingerprint density at radius 1 is 0.786 bits per heavy atom. The summed E-state index contributed by atoms with van der Waals surface area (Å²) in [5.41, 5.74) is -0.601. The summed E-state index contributed by atoms with van der Waals surface area (Å²) in [6.45, 7) is 12.9. The Morgan fingerprint density at radius 2 is 1.32 bits per heavy atom. The number of unbranched alkanes of at least 4 members (excludes halogenated alkanes) is 9. The molecule has 3 heteroatoms. The zero-order valence-electron chi connectivity index (χ0n) is 19.8. The lowest BCUT2D eigenvalue weighted by Crippen LogP contribution is -2.31. The zero-order valence-corrected chi connectivity index (χ0v) is 19.8. The third-order valence-electron chi connectivity index (χ3n) is 4.77. The first-order valence-electron chi connectivity index (χ1n) is 11.7. The van der Waals surface area contributed by atoms with Crippen LogP contribution in [-0.2, 0) is 14.3 Å². The zero-order chi connectivity index (χ0) is 21.3. The SMILES string of the molecule is CCCCCCC=CCCCCCCCC(=O)OC(C)(C)CCOC(C)(C)C. The molecule has 0 aromatic carbocycles. The predicted octanol–water partition coefficient (Wildman–Crippen LogP) is 7.77. The number of carbonyl (C=O) groups excluding carboxylic acids is 1. The van der Waals surface area contributed by atoms with E-state index in [4.69, 9.17) is 9.47 Å². The van der Waals surface area contributed by atoms with Gasteiger partial charge in [-0.2, -0.15) is 0 Å². The van der Waals surface area contributed by atoms with Crippen LogP contribution in [0.2, 0.25) is 0 Å². The third-order valence-corrected chi connectivity index (χ3v) is 4.77. The van der Waals surface area contributed by atoms with Gasteiger partial charge >= 0.3 is 5.97 Å². The molecule has 166 valence electrons. The van der Waals surface area contributed by atoms with Crippen LogP contribution in [0, 0.1) is 0 Å². The van der Waals surface area contributed by atoms with Crippen LogP contribution >= 0.6 is 0 Å². The summed E-state index contributed by atoms with van der Waals surface area (Å²) in [5, 5.41) is 0. The van der Waals surface area contributed by atoms with Crippen LogP contribution in [0.25, 0.3) is 0 Å². The molecular weight excluding hydrogens is 348 g/mol. The van der Waals surface area contributed by atoms with Gasteiger partial charge < -0.3 is 9.47 Å². The van der Waals surface area contributed by atoms with E-state index < -0.39 is 5.60 Å². The molecule has 0 atom stereocenters. The van der Waals surface area contributed by atoms with Crippen molar-refractivity contribution in [3.05, 3.63) is 12.2 Å². The monoisotopic (exact) mass is 396 g/mol. The van der Waals surface area contributed by atoms with Crippen molar-refractivity contribution in [2.45, 2.75) is 136 Å². The Kier molecular flexibility index (Phi) is 15.5. The minimum Gasteiger partial charge on any atom is -0.460 e. The van der Waals surface area contributed by atoms with Crippen LogP contribution < -0.4 is 0 Å². The minimum absolute atomic E-state index is 0.0771. The summed E-state index contributed by atoms with van der Waals surface area (Å²) in [7, 11) is 0. The van der Waals surface area contributed by atoms with E-state index in [1.165, 1.54) is 57.8 Å². The fourth-order valence-electron chi connectivity index (χ4n) is 3.00. The number of carbonyl (C=O) groups is 1. The molecule has 0 unspecified atom stereocenters. The van der Waals surface area contributed by atoms with Crippen molar-refractivity contribution in [2.75, 3.05) is 6.61 Å². The number of hydrogen-bond acceptors (Lipinski definition) is 3. The molecule has 0 aromatic rings. The van der Waals surface area contributed by atoms with Gasteiger partial charge in [0.05, 0.1) is 12.2 Å². The lowest BCUT2D eigenvalue weighted by Gasteiger charge is -2.27. The molecule has 0 saturated carbocycles. The molecule has 0 heterocycles. The fourth-order valence-corrected chi connectivity index (χ4v) is 3.00. The first-order valence-corrected chi connectivity index (χ1v) is 11.7. The summed E-state index contributed by atoms with van der Waals surface area (Å²) in [6, 6.07) is 0. The molecule has 0 aliphatic rings. The standard InChI is InChI=1S/C25H48O3/c1-7-8-9-10-11-12-13-14-15-16-17-18-19-20-23(26)28-25(5,6)21-22-27-24(2,3)4/h12-13H,7-11,14-22H2,1-6H3. The van der Waals surface area contributed by atoms with Crippen molar-refractivity contribution in [1.82, 2.24) is 0 Å². The number of allylic oxidation sites excluding steroid dienone is 2. The van der Waals surface area contributed by atoms with Gasteiger partial charge in [0.15, 0.2) is 0 Å². The first kappa shape index (κ1) is 27.2. The first-order chi connectivity index (χ1) is 13.2. The second-order valence-corrected chi connectivity index (χ2v) is 9.57. The minimum atomic E-state index is -0.453. The van der Waals surface area contributed by atoms with Crippen LogP contribution in [0.15, 0.2) is 12.2 Å². The normalized spacial score (nSPS) is 12.6. The van der Waals surface area contributed by atoms with Gasteiger partial charge in [0.25, 0.3) is 0 Å². The van der Waals surface area contributed by atoms with Gasteiger partial charge in [-0.05, 0) is 66.7 Å². The molecule has 0 radical (unpaired) electrons. The van der Waals surface area contributed by atoms with E-state index in [1.54, 1.807) is 0 Å². The van der Waals surface area contributed by atoms with Crippen LogP contribution in [0.5, 0.6) is 0 Å². The van der Waals surface area contributed by atoms with Gasteiger partial charge in [0, 0.05) is 12.8 Å². The average Bonchev–Trinajstić information content (AvgIpc) is 2.57. The highest BCUT2D eigenvalue weighted by molar-refractivity contribution is 5.69. The molecule has 0 amide bonds. The molecule has 0 fully saturated rings. The Labute approximate surface area is 175 Å². The van der Waals surface area contributed by atoms with Gasteiger partial charge in [-0.25, -0.2) is 0 Å². The van der Waals surface area contributed by atoms with E-state index in [1.807, 2.05) is 34.6 Å². The number of rotatable bonds is 17. The van der Waals surface area contributed by atoms with Gasteiger partial charge in [0.1, 0.15) is 5.60 Å². The molecule has 0 aliphatic carbocycles. The summed E-state index contributed by atoms with van der Waals surface area (Å²) in [6.07, 6.45) is 19.5. The van der Waals surface area contributed by atoms with E-state index in [-0.39, 0.29) is 11.6 Å². The van der Waals surface area contributed by atoms with Gasteiger partial charge in [-0.15, -0.1) is 0 Å². The summed E-state index contributed by atoms with van der Waals surface area (Å²) in [4.78, 5) is 12.0. The smallest absolute Gasteiger partial charge is 0.306 e. The molecule has 0 bridgehead atoms. The van der Waals surface area contributed by atoms with Gasteiger partial charge in [-0.1, -0.05) is 57.6 Å². The van der Waals surface area contributed by atoms with E-state index in [2.05, 4.69) is 19.1 Å². The molecule has 0 N–H and O–H groups in total. The van der Waals surface area contributed by atoms with Crippen LogP contribution in [-0.4, -0.2) is 23.8 Å². The molecule has 28 heavy (non-hydrogen) atoms. The average molecular weight is 397 g/mol. The van der Waals surface area contributed by atoms with Crippen molar-refractivity contribution in [2.24, 2.45) is 0 Å². The summed E-state index contributed by atoms with van der Waals surface area (Å²) in [5.74, 6) is -0.0771. The lowest BCUT2D eigenvalue weighted by atomic mass is 10.1. The third kappa shape index (κ3) is 19.9. The fraction of sp³-hybridized carbons (Fsp3) is 0.880. The maximum absolute atomic E-state index is 12.0. The van der Waals surface area contributed by atoms with E-state index in [0.717, 1.165) is 19.3 Å². The molecule has 0 spiro atoms. The van der Waals surface area contributed by atoms with Crippen LogP contribution in [0.1, 0.15) is 125 Å². The Balaban J connectivity index is 3.57. The lowest BCUT2D eigenvalue weighted by molar-refractivity contribution is -0.159. The molecule has 3 nitrogen and oxygen atoms in total. The molecule has 0 rings (SSSR count). The molecule has 0 saturated heterocycles. The summed E-state index contributed by atoms with van der Waals surface area (Å²) < 4.78 is 11.4. The van der Waals surface area contributed by atoms with Crippen molar-refractivity contribution >= 4 is 5.97 Å². The second-order valence-electron chi connectivity index (χ2n) is 9.57. The van der Waals surface area contributed by atoms with E-state index in [0.29, 0.717) is 13.0 Å². The molecule has 0 aromatic heterocycles. The Morgan fingerprint density at radius 3 is 1.89 bits per heavy atom. The highest BCUT2D eigenvalue weighted by atomic mass is 16.6. The van der Waals surface area contributed by atoms with Gasteiger partial charge in [-0.3, -0.25) is 4.79 Å². The maximum atomic E-state index is 12.0. The second kappa shape index (κ2) is 16.0. The van der Waals surface area contributed by atoms with Crippen molar-refractivity contribution in [1.29, 1.82) is 0 Å². The van der Waals surface area contributed by atoms with Crippen molar-refractivity contribution < 1.29 is 14.3 Å². The van der Waals surface area contributed by atoms with Crippen LogP contribution in [0.4, 0.5) is 0 Å². The van der Waals surface area contributed by atoms with Crippen molar-refractivity contribution in [3.63, 3.8) is 0 Å². The quantitative estimate of drug-likeness (QED) is 0.143. The van der Waals surface area contributed by atoms with Crippen LogP contribution in [0.3, 0.4) is 0 Å². The maximum Gasteiger partial charge on any atom is 0.306 e. The Bertz CT molecular complexity index is 405. The highest BCUT2D eigenvalue weighted by Crippen LogP contribution is 2.19. The highest BCUT2D eigenvalue weighted by Gasteiger charge is 2.23. The van der Waals surface area contributed by atoms with Gasteiger partial charge in [0.2, 0.25) is 0 Å².